The van der Waals surface area contributed by atoms with Crippen molar-refractivity contribution in [2.24, 2.45) is 0 Å². The van der Waals surface area contributed by atoms with Gasteiger partial charge < -0.3 is 0 Å². The molecule has 0 amide bonds. The second kappa shape index (κ2) is 5.95. The summed E-state index contributed by atoms with van der Waals surface area (Å²) < 4.78 is 3.98. The molecule has 0 bridgehead atoms. The van der Waals surface area contributed by atoms with Crippen LogP contribution in [0.1, 0.15) is 61.0 Å². The fourth-order valence-electron chi connectivity index (χ4n) is 4.10. The van der Waals surface area contributed by atoms with Gasteiger partial charge in [-0.1, -0.05) is 0 Å². The van der Waals surface area contributed by atoms with E-state index in [0.29, 0.717) is 17.8 Å². The molecule has 2 atom stereocenters. The Morgan fingerprint density at radius 2 is 1.86 bits per heavy atom. The molecule has 4 aromatic heterocycles. The van der Waals surface area contributed by atoms with Crippen LogP contribution in [0.5, 0.6) is 0 Å². The Kier molecular flexibility index (Phi) is 3.38. The van der Waals surface area contributed by atoms with E-state index in [4.69, 9.17) is 10.2 Å². The summed E-state index contributed by atoms with van der Waals surface area (Å²) in [6.07, 6.45) is 7.25. The Hall–Kier alpha value is -3.09. The zero-order valence-electron chi connectivity index (χ0n) is 15.7. The maximum absolute atomic E-state index is 4.90. The highest BCUT2D eigenvalue weighted by atomic mass is 15.4. The Labute approximate surface area is 162 Å². The predicted octanol–water partition coefficient (Wildman–Crippen LogP) is 3.55. The lowest BCUT2D eigenvalue weighted by molar-refractivity contribution is 0.649. The van der Waals surface area contributed by atoms with E-state index in [2.05, 4.69) is 45.0 Å². The molecule has 0 N–H and O–H groups in total. The highest BCUT2D eigenvalue weighted by Gasteiger charge is 2.41. The number of nitrogens with zero attached hydrogens (tertiary/aromatic N) is 7. The lowest BCUT2D eigenvalue weighted by Gasteiger charge is -2.04. The number of pyridine rings is 1. The van der Waals surface area contributed by atoms with Crippen molar-refractivity contribution in [2.75, 3.05) is 0 Å². The third-order valence-electron chi connectivity index (χ3n) is 5.89. The van der Waals surface area contributed by atoms with Gasteiger partial charge in [-0.25, -0.2) is 0 Å². The number of hydrogen-bond acceptors (Lipinski definition) is 5. The second-order valence-corrected chi connectivity index (χ2v) is 7.82. The molecule has 0 radical (unpaired) electrons. The van der Waals surface area contributed by atoms with Gasteiger partial charge in [0.05, 0.1) is 11.4 Å². The minimum Gasteiger partial charge on any atom is -0.265 e. The lowest BCUT2D eigenvalue weighted by atomic mass is 10.1. The normalized spacial score (nSPS) is 21.3. The molecule has 2 aliphatic carbocycles. The van der Waals surface area contributed by atoms with Gasteiger partial charge >= 0.3 is 0 Å². The average Bonchev–Trinajstić information content (AvgIpc) is 3.66. The van der Waals surface area contributed by atoms with Crippen molar-refractivity contribution < 1.29 is 0 Å². The van der Waals surface area contributed by atoms with Crippen LogP contribution < -0.4 is 0 Å². The second-order valence-electron chi connectivity index (χ2n) is 7.82. The van der Waals surface area contributed by atoms with Gasteiger partial charge in [0, 0.05) is 30.8 Å². The van der Waals surface area contributed by atoms with Crippen molar-refractivity contribution in [3.05, 3.63) is 59.8 Å². The van der Waals surface area contributed by atoms with E-state index in [9.17, 15) is 0 Å². The molecule has 2 unspecified atom stereocenters. The molecule has 2 saturated carbocycles. The van der Waals surface area contributed by atoms with Gasteiger partial charge in [0.2, 0.25) is 0 Å². The maximum atomic E-state index is 4.90. The molecule has 0 saturated heterocycles. The van der Waals surface area contributed by atoms with Crippen LogP contribution in [0.2, 0.25) is 0 Å². The van der Waals surface area contributed by atoms with Crippen molar-refractivity contribution in [3.63, 3.8) is 0 Å². The van der Waals surface area contributed by atoms with Gasteiger partial charge in [0.15, 0.2) is 11.5 Å². The zero-order chi connectivity index (χ0) is 18.7. The van der Waals surface area contributed by atoms with E-state index in [1.54, 1.807) is 0 Å². The number of aromatic nitrogens is 7. The third-order valence-corrected chi connectivity index (χ3v) is 5.89. The van der Waals surface area contributed by atoms with Crippen LogP contribution in [-0.2, 0) is 6.54 Å². The molecule has 6 rings (SSSR count). The van der Waals surface area contributed by atoms with Crippen LogP contribution in [-0.4, -0.2) is 34.6 Å². The first-order valence-corrected chi connectivity index (χ1v) is 10.0. The maximum Gasteiger partial charge on any atom is 0.177 e. The van der Waals surface area contributed by atoms with E-state index < -0.39 is 0 Å². The van der Waals surface area contributed by atoms with Crippen molar-refractivity contribution >= 4 is 5.65 Å². The van der Waals surface area contributed by atoms with Gasteiger partial charge in [0.1, 0.15) is 5.69 Å². The Balaban J connectivity index is 1.36. The zero-order valence-corrected chi connectivity index (χ0v) is 15.7. The summed E-state index contributed by atoms with van der Waals surface area (Å²) in [6.45, 7) is 2.94. The van der Waals surface area contributed by atoms with Crippen molar-refractivity contribution in [1.29, 1.82) is 0 Å². The fourth-order valence-corrected chi connectivity index (χ4v) is 4.10. The molecule has 4 aromatic rings. The SMILES string of the molecule is CCn1nc(C2CC2c2ccncc2)cc1-c1ccc2nnc(C3CC3)n2n1. The van der Waals surface area contributed by atoms with Crippen LogP contribution in [0.4, 0.5) is 0 Å². The Morgan fingerprint density at radius 1 is 1.00 bits per heavy atom. The Morgan fingerprint density at radius 3 is 2.64 bits per heavy atom. The number of aryl methyl sites for hydroxylation is 1. The highest BCUT2D eigenvalue weighted by Crippen LogP contribution is 2.54. The van der Waals surface area contributed by atoms with E-state index in [1.165, 1.54) is 18.4 Å². The molecule has 0 aliphatic heterocycles. The summed E-state index contributed by atoms with van der Waals surface area (Å²) in [5.74, 6) is 2.52. The van der Waals surface area contributed by atoms with Crippen LogP contribution in [0, 0.1) is 0 Å². The van der Waals surface area contributed by atoms with Crippen LogP contribution >= 0.6 is 0 Å². The number of rotatable bonds is 5. The lowest BCUT2D eigenvalue weighted by Crippen LogP contribution is -2.04. The van der Waals surface area contributed by atoms with Crippen LogP contribution in [0.15, 0.2) is 42.7 Å². The molecule has 140 valence electrons. The van der Waals surface area contributed by atoms with E-state index >= 15 is 0 Å². The molecule has 0 spiro atoms. The monoisotopic (exact) mass is 371 g/mol. The first-order chi connectivity index (χ1) is 13.8. The molecule has 7 nitrogen and oxygen atoms in total. The summed E-state index contributed by atoms with van der Waals surface area (Å²) in [7, 11) is 0. The minimum absolute atomic E-state index is 0.481. The molecule has 2 aliphatic rings. The Bertz CT molecular complexity index is 1160. The van der Waals surface area contributed by atoms with Gasteiger partial charge in [0.25, 0.3) is 0 Å². The number of fused-ring (bicyclic) bond motifs is 1. The first-order valence-electron chi connectivity index (χ1n) is 10.0. The summed E-state index contributed by atoms with van der Waals surface area (Å²) in [4.78, 5) is 4.13. The molecule has 28 heavy (non-hydrogen) atoms. The van der Waals surface area contributed by atoms with Crippen LogP contribution in [0.3, 0.4) is 0 Å². The largest absolute Gasteiger partial charge is 0.265 e. The first kappa shape index (κ1) is 15.9. The molecule has 0 aromatic carbocycles. The predicted molar refractivity (Wildman–Crippen MR) is 104 cm³/mol. The highest BCUT2D eigenvalue weighted by molar-refractivity contribution is 5.58. The van der Waals surface area contributed by atoms with E-state index in [0.717, 1.165) is 41.5 Å². The van der Waals surface area contributed by atoms with E-state index in [1.807, 2.05) is 29.0 Å². The quantitative estimate of drug-likeness (QED) is 0.536. The topological polar surface area (TPSA) is 73.8 Å². The summed E-state index contributed by atoms with van der Waals surface area (Å²) >= 11 is 0. The third kappa shape index (κ3) is 2.53. The van der Waals surface area contributed by atoms with Gasteiger partial charge in [-0.3, -0.25) is 9.67 Å². The van der Waals surface area contributed by atoms with Crippen molar-refractivity contribution in [2.45, 2.75) is 50.5 Å². The molecule has 2 fully saturated rings. The van der Waals surface area contributed by atoms with Crippen molar-refractivity contribution in [1.82, 2.24) is 34.6 Å². The molecule has 4 heterocycles. The van der Waals surface area contributed by atoms with Gasteiger partial charge in [-0.05, 0) is 68.0 Å². The number of hydrogen-bond donors (Lipinski definition) is 0. The molecular weight excluding hydrogens is 350 g/mol. The van der Waals surface area contributed by atoms with Gasteiger partial charge in [-0.15, -0.1) is 10.2 Å². The smallest absolute Gasteiger partial charge is 0.177 e. The van der Waals surface area contributed by atoms with E-state index in [-0.39, 0.29) is 0 Å². The summed E-state index contributed by atoms with van der Waals surface area (Å²) in [6, 6.07) is 10.5. The summed E-state index contributed by atoms with van der Waals surface area (Å²) in [5, 5.41) is 18.4. The standard InChI is InChI=1S/C21H21N7/c1-2-27-19(12-18(25-27)16-11-15(16)13-7-9-22-10-8-13)17-5-6-20-23-24-21(14-3-4-14)28(20)26-17/h5-10,12,14-16H,2-4,11H2,1H3. The molecule has 7 heteroatoms. The van der Waals surface area contributed by atoms with Gasteiger partial charge in [-0.2, -0.15) is 14.7 Å². The minimum atomic E-state index is 0.481. The average molecular weight is 371 g/mol. The molecular formula is C21H21N7. The summed E-state index contributed by atoms with van der Waals surface area (Å²) in [5.41, 5.74) is 5.32. The fraction of sp³-hybridized carbons (Fsp3) is 0.381. The van der Waals surface area contributed by atoms with Crippen molar-refractivity contribution in [3.8, 4) is 11.4 Å². The van der Waals surface area contributed by atoms with Crippen LogP contribution in [0.25, 0.3) is 17.0 Å².